The van der Waals surface area contributed by atoms with Gasteiger partial charge in [-0.2, -0.15) is 0 Å². The van der Waals surface area contributed by atoms with Crippen molar-refractivity contribution in [2.45, 2.75) is 37.4 Å². The van der Waals surface area contributed by atoms with Crippen LogP contribution in [0.5, 0.6) is 5.75 Å². The number of aromatic nitrogens is 2. The van der Waals surface area contributed by atoms with E-state index in [0.29, 0.717) is 18.9 Å². The second kappa shape index (κ2) is 9.78. The van der Waals surface area contributed by atoms with Crippen LogP contribution in [-0.4, -0.2) is 41.6 Å². The molecule has 0 aliphatic heterocycles. The van der Waals surface area contributed by atoms with E-state index in [1.807, 2.05) is 19.1 Å². The molecule has 0 unspecified atom stereocenters. The van der Waals surface area contributed by atoms with Gasteiger partial charge in [0.2, 0.25) is 11.0 Å². The number of benzene rings is 1. The maximum atomic E-state index is 11.9. The van der Waals surface area contributed by atoms with Crippen molar-refractivity contribution in [1.29, 1.82) is 0 Å². The lowest BCUT2D eigenvalue weighted by atomic mass is 9.87. The average Bonchev–Trinajstić information content (AvgIpc) is 3.04. The summed E-state index contributed by atoms with van der Waals surface area (Å²) < 4.78 is 6.45. The quantitative estimate of drug-likeness (QED) is 0.500. The zero-order chi connectivity index (χ0) is 19.0. The third-order valence-corrected chi connectivity index (χ3v) is 5.49. The Hall–Kier alpha value is -1.80. The van der Waals surface area contributed by atoms with Crippen LogP contribution in [0.4, 0.5) is 5.13 Å². The molecule has 0 saturated carbocycles. The molecule has 0 aliphatic rings. The summed E-state index contributed by atoms with van der Waals surface area (Å²) in [5.41, 5.74) is 1.40. The van der Waals surface area contributed by atoms with E-state index >= 15 is 0 Å². The summed E-state index contributed by atoms with van der Waals surface area (Å²) in [5.74, 6) is 1.09. The SMILES string of the molecule is CCNc1nnc(SCC(=O)NCCOc2ccc(C(C)(C)C)cc2)s1. The first-order valence-corrected chi connectivity index (χ1v) is 10.4. The number of anilines is 1. The zero-order valence-electron chi connectivity index (χ0n) is 15.7. The van der Waals surface area contributed by atoms with Crippen molar-refractivity contribution in [2.24, 2.45) is 0 Å². The summed E-state index contributed by atoms with van der Waals surface area (Å²) in [6.45, 7) is 10.3. The first-order valence-electron chi connectivity index (χ1n) is 8.58. The maximum Gasteiger partial charge on any atom is 0.230 e. The summed E-state index contributed by atoms with van der Waals surface area (Å²) in [6.07, 6.45) is 0. The number of amides is 1. The standard InChI is InChI=1S/C18H26N4O2S2/c1-5-19-16-21-22-17(26-16)25-12-15(23)20-10-11-24-14-8-6-13(7-9-14)18(2,3)4/h6-9H,5,10-12H2,1-4H3,(H,19,21)(H,20,23). The highest BCUT2D eigenvalue weighted by molar-refractivity contribution is 8.01. The van der Waals surface area contributed by atoms with Crippen molar-refractivity contribution < 1.29 is 9.53 Å². The number of rotatable bonds is 9. The molecule has 0 aliphatic carbocycles. The van der Waals surface area contributed by atoms with Crippen molar-refractivity contribution in [3.8, 4) is 5.75 Å². The Morgan fingerprint density at radius 1 is 1.23 bits per heavy atom. The third-order valence-electron chi connectivity index (χ3n) is 3.47. The van der Waals surface area contributed by atoms with Gasteiger partial charge in [0.1, 0.15) is 12.4 Å². The molecular weight excluding hydrogens is 368 g/mol. The number of carbonyl (C=O) groups excluding carboxylic acids is 1. The van der Waals surface area contributed by atoms with Crippen LogP contribution in [0.25, 0.3) is 0 Å². The Morgan fingerprint density at radius 3 is 2.62 bits per heavy atom. The molecule has 8 heteroatoms. The van der Waals surface area contributed by atoms with Gasteiger partial charge in [0, 0.05) is 6.54 Å². The summed E-state index contributed by atoms with van der Waals surface area (Å²) in [7, 11) is 0. The van der Waals surface area contributed by atoms with Gasteiger partial charge in [-0.25, -0.2) is 0 Å². The van der Waals surface area contributed by atoms with Gasteiger partial charge in [-0.15, -0.1) is 10.2 Å². The van der Waals surface area contributed by atoms with Crippen molar-refractivity contribution in [3.05, 3.63) is 29.8 Å². The van der Waals surface area contributed by atoms with Crippen LogP contribution in [0, 0.1) is 0 Å². The Kier molecular flexibility index (Phi) is 7.71. The Balaban J connectivity index is 1.63. The molecule has 2 N–H and O–H groups in total. The molecule has 0 saturated heterocycles. The van der Waals surface area contributed by atoms with Crippen LogP contribution in [-0.2, 0) is 10.2 Å². The molecule has 1 heterocycles. The molecule has 1 aromatic carbocycles. The van der Waals surface area contributed by atoms with E-state index in [1.54, 1.807) is 0 Å². The molecule has 0 bridgehead atoms. The predicted molar refractivity (Wildman–Crippen MR) is 108 cm³/mol. The molecule has 26 heavy (non-hydrogen) atoms. The van der Waals surface area contributed by atoms with Crippen molar-refractivity contribution in [1.82, 2.24) is 15.5 Å². The summed E-state index contributed by atoms with van der Waals surface area (Å²) in [6, 6.07) is 8.09. The minimum Gasteiger partial charge on any atom is -0.492 e. The molecule has 0 radical (unpaired) electrons. The van der Waals surface area contributed by atoms with Gasteiger partial charge >= 0.3 is 0 Å². The van der Waals surface area contributed by atoms with Gasteiger partial charge in [0.15, 0.2) is 4.34 Å². The van der Waals surface area contributed by atoms with E-state index in [2.05, 4.69) is 53.7 Å². The fourth-order valence-corrected chi connectivity index (χ4v) is 3.73. The summed E-state index contributed by atoms with van der Waals surface area (Å²) in [5, 5.41) is 14.8. The first-order chi connectivity index (χ1) is 12.4. The molecule has 2 aromatic rings. The second-order valence-electron chi connectivity index (χ2n) is 6.66. The molecule has 0 atom stereocenters. The number of nitrogens with one attached hydrogen (secondary N) is 2. The number of hydrogen-bond donors (Lipinski definition) is 2. The zero-order valence-corrected chi connectivity index (χ0v) is 17.3. The molecule has 0 fully saturated rings. The molecule has 6 nitrogen and oxygen atoms in total. The monoisotopic (exact) mass is 394 g/mol. The van der Waals surface area contributed by atoms with Crippen LogP contribution in [0.3, 0.4) is 0 Å². The highest BCUT2D eigenvalue weighted by Gasteiger charge is 2.13. The average molecular weight is 395 g/mol. The third kappa shape index (κ3) is 6.84. The normalized spacial score (nSPS) is 11.2. The number of ether oxygens (including phenoxy) is 1. The lowest BCUT2D eigenvalue weighted by Gasteiger charge is -2.19. The van der Waals surface area contributed by atoms with Crippen LogP contribution in [0.1, 0.15) is 33.3 Å². The van der Waals surface area contributed by atoms with Crippen LogP contribution in [0.15, 0.2) is 28.6 Å². The lowest BCUT2D eigenvalue weighted by Crippen LogP contribution is -2.29. The van der Waals surface area contributed by atoms with Crippen LogP contribution in [0.2, 0.25) is 0 Å². The van der Waals surface area contributed by atoms with Gasteiger partial charge in [0.25, 0.3) is 0 Å². The van der Waals surface area contributed by atoms with E-state index < -0.39 is 0 Å². The molecule has 142 valence electrons. The van der Waals surface area contributed by atoms with E-state index in [-0.39, 0.29) is 11.3 Å². The molecule has 1 amide bonds. The van der Waals surface area contributed by atoms with Crippen LogP contribution >= 0.6 is 23.1 Å². The van der Waals surface area contributed by atoms with E-state index in [0.717, 1.165) is 21.8 Å². The minimum atomic E-state index is -0.0399. The number of nitrogens with zero attached hydrogens (tertiary/aromatic N) is 2. The van der Waals surface area contributed by atoms with Gasteiger partial charge in [-0.05, 0) is 30.0 Å². The number of carbonyl (C=O) groups is 1. The highest BCUT2D eigenvalue weighted by atomic mass is 32.2. The summed E-state index contributed by atoms with van der Waals surface area (Å²) >= 11 is 2.84. The maximum absolute atomic E-state index is 11.9. The Bertz CT molecular complexity index is 696. The van der Waals surface area contributed by atoms with Crippen molar-refractivity contribution in [3.63, 3.8) is 0 Å². The Morgan fingerprint density at radius 2 is 1.96 bits per heavy atom. The van der Waals surface area contributed by atoms with E-state index in [1.165, 1.54) is 28.7 Å². The molecule has 2 rings (SSSR count). The fourth-order valence-electron chi connectivity index (χ4n) is 2.08. The van der Waals surface area contributed by atoms with Gasteiger partial charge in [-0.3, -0.25) is 4.79 Å². The lowest BCUT2D eigenvalue weighted by molar-refractivity contribution is -0.118. The smallest absolute Gasteiger partial charge is 0.230 e. The molecule has 0 spiro atoms. The number of thioether (sulfide) groups is 1. The van der Waals surface area contributed by atoms with E-state index in [9.17, 15) is 4.79 Å². The predicted octanol–water partition coefficient (Wildman–Crippen LogP) is 3.55. The van der Waals surface area contributed by atoms with E-state index in [4.69, 9.17) is 4.74 Å². The fraction of sp³-hybridized carbons (Fsp3) is 0.500. The van der Waals surface area contributed by atoms with Gasteiger partial charge in [-0.1, -0.05) is 56.0 Å². The van der Waals surface area contributed by atoms with Gasteiger partial charge < -0.3 is 15.4 Å². The van der Waals surface area contributed by atoms with Crippen molar-refractivity contribution in [2.75, 3.05) is 30.8 Å². The Labute approximate surface area is 163 Å². The molecule has 1 aromatic heterocycles. The highest BCUT2D eigenvalue weighted by Crippen LogP contribution is 2.25. The van der Waals surface area contributed by atoms with Crippen LogP contribution < -0.4 is 15.4 Å². The number of hydrogen-bond acceptors (Lipinski definition) is 7. The summed E-state index contributed by atoms with van der Waals surface area (Å²) in [4.78, 5) is 11.9. The minimum absolute atomic E-state index is 0.0399. The van der Waals surface area contributed by atoms with Crippen molar-refractivity contribution >= 4 is 34.1 Å². The topological polar surface area (TPSA) is 76.1 Å². The first kappa shape index (κ1) is 20.5. The largest absolute Gasteiger partial charge is 0.492 e. The second-order valence-corrected chi connectivity index (χ2v) is 8.86. The molecular formula is C18H26N4O2S2. The van der Waals surface area contributed by atoms with Gasteiger partial charge in [0.05, 0.1) is 12.3 Å².